The van der Waals surface area contributed by atoms with Crippen molar-refractivity contribution in [2.24, 2.45) is 0 Å². The summed E-state index contributed by atoms with van der Waals surface area (Å²) >= 11 is 0. The Morgan fingerprint density at radius 2 is 2.00 bits per heavy atom. The lowest BCUT2D eigenvalue weighted by molar-refractivity contribution is -0.136. The quantitative estimate of drug-likeness (QED) is 0.875. The van der Waals surface area contributed by atoms with Crippen LogP contribution in [0.1, 0.15) is 21.9 Å². The number of oxazole rings is 1. The molecule has 2 N–H and O–H groups in total. The highest BCUT2D eigenvalue weighted by Gasteiger charge is 2.10. The van der Waals surface area contributed by atoms with Crippen LogP contribution in [0.25, 0.3) is 0 Å². The van der Waals surface area contributed by atoms with E-state index in [1.54, 1.807) is 31.2 Å². The monoisotopic (exact) mass is 260 g/mol. The van der Waals surface area contributed by atoms with Gasteiger partial charge in [-0.3, -0.25) is 9.59 Å². The highest BCUT2D eigenvalue weighted by Crippen LogP contribution is 2.12. The Morgan fingerprint density at radius 1 is 1.32 bits per heavy atom. The molecule has 0 aliphatic heterocycles. The fourth-order valence-corrected chi connectivity index (χ4v) is 1.54. The molecule has 1 aromatic heterocycles. The van der Waals surface area contributed by atoms with Crippen LogP contribution in [0.4, 0.5) is 5.69 Å². The second-order valence-corrected chi connectivity index (χ2v) is 3.97. The predicted octanol–water partition coefficient (Wildman–Crippen LogP) is 1.86. The summed E-state index contributed by atoms with van der Waals surface area (Å²) < 4.78 is 4.95. The molecule has 19 heavy (non-hydrogen) atoms. The van der Waals surface area contributed by atoms with Crippen LogP contribution in [0.2, 0.25) is 0 Å². The number of hydrogen-bond acceptors (Lipinski definition) is 4. The number of aromatic nitrogens is 1. The number of hydrogen-bond donors (Lipinski definition) is 2. The van der Waals surface area contributed by atoms with Gasteiger partial charge >= 0.3 is 5.97 Å². The number of amides is 1. The minimum atomic E-state index is -0.894. The average Bonchev–Trinajstić information content (AvgIpc) is 2.78. The molecule has 0 atom stereocenters. The van der Waals surface area contributed by atoms with Gasteiger partial charge in [0.05, 0.1) is 6.42 Å². The second kappa shape index (κ2) is 5.34. The average molecular weight is 260 g/mol. The third-order valence-electron chi connectivity index (χ3n) is 2.42. The number of carboxylic acids is 1. The normalized spacial score (nSPS) is 10.2. The molecule has 0 spiro atoms. The summed E-state index contributed by atoms with van der Waals surface area (Å²) in [7, 11) is 0. The van der Waals surface area contributed by atoms with Crippen molar-refractivity contribution in [3.05, 3.63) is 47.7 Å². The zero-order valence-electron chi connectivity index (χ0n) is 10.2. The number of nitrogens with zero attached hydrogens (tertiary/aromatic N) is 1. The Kier molecular flexibility index (Phi) is 3.61. The largest absolute Gasteiger partial charge is 0.481 e. The number of nitrogens with one attached hydrogen (secondary N) is 1. The minimum Gasteiger partial charge on any atom is -0.481 e. The van der Waals surface area contributed by atoms with Gasteiger partial charge in [-0.05, 0) is 17.7 Å². The van der Waals surface area contributed by atoms with E-state index in [1.807, 2.05) is 0 Å². The number of aliphatic carboxylic acids is 1. The number of carbonyl (C=O) groups is 2. The molecule has 0 saturated carbocycles. The highest BCUT2D eigenvalue weighted by atomic mass is 16.4. The number of rotatable bonds is 4. The van der Waals surface area contributed by atoms with E-state index in [1.165, 1.54) is 6.26 Å². The van der Waals surface area contributed by atoms with Crippen LogP contribution in [0.15, 0.2) is 34.9 Å². The molecular weight excluding hydrogens is 248 g/mol. The smallest absolute Gasteiger partial charge is 0.307 e. The summed E-state index contributed by atoms with van der Waals surface area (Å²) in [6, 6.07) is 6.59. The Balaban J connectivity index is 2.03. The SMILES string of the molecule is Cc1nc(C(=O)Nc2ccc(CC(=O)O)cc2)co1. The van der Waals surface area contributed by atoms with E-state index in [2.05, 4.69) is 10.3 Å². The van der Waals surface area contributed by atoms with Crippen LogP contribution in [0.3, 0.4) is 0 Å². The molecule has 0 radical (unpaired) electrons. The Labute approximate surface area is 109 Å². The first-order valence-corrected chi connectivity index (χ1v) is 5.59. The van der Waals surface area contributed by atoms with Crippen LogP contribution in [0, 0.1) is 6.92 Å². The molecule has 1 heterocycles. The molecule has 2 aromatic rings. The molecule has 2 rings (SSSR count). The number of benzene rings is 1. The molecule has 0 bridgehead atoms. The van der Waals surface area contributed by atoms with E-state index in [0.717, 1.165) is 0 Å². The third-order valence-corrected chi connectivity index (χ3v) is 2.42. The van der Waals surface area contributed by atoms with Crippen LogP contribution < -0.4 is 5.32 Å². The first-order valence-electron chi connectivity index (χ1n) is 5.59. The van der Waals surface area contributed by atoms with E-state index in [9.17, 15) is 9.59 Å². The maximum atomic E-state index is 11.8. The van der Waals surface area contributed by atoms with Crippen molar-refractivity contribution in [3.8, 4) is 0 Å². The first kappa shape index (κ1) is 12.8. The van der Waals surface area contributed by atoms with Crippen molar-refractivity contribution in [2.75, 3.05) is 5.32 Å². The van der Waals surface area contributed by atoms with Gasteiger partial charge in [0.2, 0.25) is 0 Å². The van der Waals surface area contributed by atoms with E-state index in [-0.39, 0.29) is 18.0 Å². The lowest BCUT2D eigenvalue weighted by atomic mass is 10.1. The molecule has 6 nitrogen and oxygen atoms in total. The third kappa shape index (κ3) is 3.41. The number of carboxylic acid groups (broad SMARTS) is 1. The van der Waals surface area contributed by atoms with Gasteiger partial charge in [-0.15, -0.1) is 0 Å². The van der Waals surface area contributed by atoms with Crippen LogP contribution in [-0.2, 0) is 11.2 Å². The van der Waals surface area contributed by atoms with Crippen molar-refractivity contribution in [1.82, 2.24) is 4.98 Å². The molecule has 98 valence electrons. The second-order valence-electron chi connectivity index (χ2n) is 3.97. The fourth-order valence-electron chi connectivity index (χ4n) is 1.54. The molecule has 0 fully saturated rings. The maximum absolute atomic E-state index is 11.8. The molecule has 0 aliphatic rings. The van der Waals surface area contributed by atoms with Crippen molar-refractivity contribution in [3.63, 3.8) is 0 Å². The van der Waals surface area contributed by atoms with E-state index >= 15 is 0 Å². The van der Waals surface area contributed by atoms with Crippen LogP contribution in [-0.4, -0.2) is 22.0 Å². The van der Waals surface area contributed by atoms with Crippen molar-refractivity contribution in [1.29, 1.82) is 0 Å². The summed E-state index contributed by atoms with van der Waals surface area (Å²) in [6.07, 6.45) is 1.24. The Morgan fingerprint density at radius 3 is 2.53 bits per heavy atom. The molecule has 0 saturated heterocycles. The van der Waals surface area contributed by atoms with Crippen molar-refractivity contribution in [2.45, 2.75) is 13.3 Å². The first-order chi connectivity index (χ1) is 9.04. The van der Waals surface area contributed by atoms with Gasteiger partial charge < -0.3 is 14.8 Å². The Hall–Kier alpha value is -2.63. The number of carbonyl (C=O) groups excluding carboxylic acids is 1. The highest BCUT2D eigenvalue weighted by molar-refractivity contribution is 6.02. The molecular formula is C13H12N2O4. The zero-order valence-corrected chi connectivity index (χ0v) is 10.2. The van der Waals surface area contributed by atoms with Crippen LogP contribution >= 0.6 is 0 Å². The van der Waals surface area contributed by atoms with Crippen molar-refractivity contribution < 1.29 is 19.1 Å². The summed E-state index contributed by atoms with van der Waals surface area (Å²) in [6.45, 7) is 1.65. The fraction of sp³-hybridized carbons (Fsp3) is 0.154. The predicted molar refractivity (Wildman–Crippen MR) is 67.0 cm³/mol. The zero-order chi connectivity index (χ0) is 13.8. The Bertz CT molecular complexity index is 601. The lowest BCUT2D eigenvalue weighted by Crippen LogP contribution is -2.12. The van der Waals surface area contributed by atoms with E-state index in [0.29, 0.717) is 17.1 Å². The molecule has 1 amide bonds. The van der Waals surface area contributed by atoms with Gasteiger partial charge in [0.1, 0.15) is 6.26 Å². The molecule has 0 unspecified atom stereocenters. The minimum absolute atomic E-state index is 0.0449. The van der Waals surface area contributed by atoms with E-state index in [4.69, 9.17) is 9.52 Å². The molecule has 1 aromatic carbocycles. The van der Waals surface area contributed by atoms with Gasteiger partial charge in [-0.25, -0.2) is 4.98 Å². The van der Waals surface area contributed by atoms with Gasteiger partial charge in [0, 0.05) is 12.6 Å². The van der Waals surface area contributed by atoms with Crippen molar-refractivity contribution >= 4 is 17.6 Å². The maximum Gasteiger partial charge on any atom is 0.307 e. The summed E-state index contributed by atoms with van der Waals surface area (Å²) in [5.74, 6) is -0.848. The summed E-state index contributed by atoms with van der Waals surface area (Å²) in [5.41, 5.74) is 1.44. The number of anilines is 1. The standard InChI is InChI=1S/C13H12N2O4/c1-8-14-11(7-19-8)13(18)15-10-4-2-9(3-5-10)6-12(16)17/h2-5,7H,6H2,1H3,(H,15,18)(H,16,17). The van der Waals surface area contributed by atoms with Gasteiger partial charge in [0.15, 0.2) is 11.6 Å². The summed E-state index contributed by atoms with van der Waals surface area (Å²) in [5, 5.41) is 11.3. The van der Waals surface area contributed by atoms with E-state index < -0.39 is 5.97 Å². The van der Waals surface area contributed by atoms with Crippen LogP contribution in [0.5, 0.6) is 0 Å². The van der Waals surface area contributed by atoms with Gasteiger partial charge in [-0.1, -0.05) is 12.1 Å². The lowest BCUT2D eigenvalue weighted by Gasteiger charge is -2.03. The number of aryl methyl sites for hydroxylation is 1. The van der Waals surface area contributed by atoms with Gasteiger partial charge in [0.25, 0.3) is 5.91 Å². The molecule has 0 aliphatic carbocycles. The molecule has 6 heteroatoms. The summed E-state index contributed by atoms with van der Waals surface area (Å²) in [4.78, 5) is 26.2. The van der Waals surface area contributed by atoms with Gasteiger partial charge in [-0.2, -0.15) is 0 Å². The topological polar surface area (TPSA) is 92.4 Å².